The van der Waals surface area contributed by atoms with Crippen molar-refractivity contribution in [2.45, 2.75) is 51.6 Å². The van der Waals surface area contributed by atoms with Crippen molar-refractivity contribution in [3.63, 3.8) is 0 Å². The fourth-order valence-electron chi connectivity index (χ4n) is 3.27. The van der Waals surface area contributed by atoms with Gasteiger partial charge in [0.1, 0.15) is 0 Å². The minimum atomic E-state index is -3.11. The van der Waals surface area contributed by atoms with Crippen LogP contribution in [0.5, 0.6) is 0 Å². The van der Waals surface area contributed by atoms with E-state index in [1.807, 2.05) is 0 Å². The number of nitrogens with zero attached hydrogens (tertiary/aromatic N) is 1. The Morgan fingerprint density at radius 2 is 1.90 bits per heavy atom. The standard InChI is InChI=1S/C14H27N3O3S/c1-14(2)7-4-8-15-12(14)13(18)16-11-5-9-17(10-6-11)21(3,19)20/h11-12,15H,4-10H2,1-3H3,(H,16,18). The van der Waals surface area contributed by atoms with Gasteiger partial charge in [0.15, 0.2) is 0 Å². The molecule has 0 bridgehead atoms. The Labute approximate surface area is 127 Å². The zero-order valence-corrected chi connectivity index (χ0v) is 14.0. The van der Waals surface area contributed by atoms with Crippen LogP contribution in [0.3, 0.4) is 0 Å². The highest BCUT2D eigenvalue weighted by Crippen LogP contribution is 2.30. The summed E-state index contributed by atoms with van der Waals surface area (Å²) in [7, 11) is -3.11. The summed E-state index contributed by atoms with van der Waals surface area (Å²) < 4.78 is 24.4. The summed E-state index contributed by atoms with van der Waals surface area (Å²) in [5, 5.41) is 6.41. The molecule has 2 fully saturated rings. The Hall–Kier alpha value is -0.660. The molecule has 1 unspecified atom stereocenters. The van der Waals surface area contributed by atoms with Crippen molar-refractivity contribution in [1.82, 2.24) is 14.9 Å². The summed E-state index contributed by atoms with van der Waals surface area (Å²) >= 11 is 0. The third-order valence-corrected chi connectivity index (χ3v) is 5.96. The second kappa shape index (κ2) is 6.22. The molecule has 2 rings (SSSR count). The van der Waals surface area contributed by atoms with Gasteiger partial charge in [0, 0.05) is 19.1 Å². The summed E-state index contributed by atoms with van der Waals surface area (Å²) in [4.78, 5) is 12.5. The lowest BCUT2D eigenvalue weighted by Gasteiger charge is -2.39. The molecule has 1 atom stereocenters. The molecule has 2 aliphatic heterocycles. The minimum Gasteiger partial charge on any atom is -0.352 e. The number of sulfonamides is 1. The molecule has 2 aliphatic rings. The van der Waals surface area contributed by atoms with Crippen LogP contribution < -0.4 is 10.6 Å². The van der Waals surface area contributed by atoms with E-state index in [-0.39, 0.29) is 23.4 Å². The number of hydrogen-bond acceptors (Lipinski definition) is 4. The fourth-order valence-corrected chi connectivity index (χ4v) is 4.15. The Bertz CT molecular complexity index is 482. The van der Waals surface area contributed by atoms with E-state index >= 15 is 0 Å². The quantitative estimate of drug-likeness (QED) is 0.785. The average molecular weight is 317 g/mol. The molecule has 2 saturated heterocycles. The van der Waals surface area contributed by atoms with E-state index in [9.17, 15) is 13.2 Å². The summed E-state index contributed by atoms with van der Waals surface area (Å²) in [6, 6.07) is -0.0748. The third-order valence-electron chi connectivity index (χ3n) is 4.66. The van der Waals surface area contributed by atoms with Crippen LogP contribution in [0.15, 0.2) is 0 Å². The van der Waals surface area contributed by atoms with Crippen LogP contribution in [0.2, 0.25) is 0 Å². The molecule has 0 aromatic carbocycles. The average Bonchev–Trinajstić information content (AvgIpc) is 2.37. The van der Waals surface area contributed by atoms with Gasteiger partial charge in [-0.25, -0.2) is 12.7 Å². The Morgan fingerprint density at radius 1 is 1.29 bits per heavy atom. The lowest BCUT2D eigenvalue weighted by molar-refractivity contribution is -0.127. The zero-order valence-electron chi connectivity index (χ0n) is 13.2. The summed E-state index contributed by atoms with van der Waals surface area (Å²) in [6.45, 7) is 6.11. The molecule has 0 aliphatic carbocycles. The van der Waals surface area contributed by atoms with Crippen molar-refractivity contribution in [2.24, 2.45) is 5.41 Å². The van der Waals surface area contributed by atoms with Gasteiger partial charge in [-0.2, -0.15) is 0 Å². The molecule has 0 saturated carbocycles. The molecule has 0 spiro atoms. The molecule has 0 aromatic heterocycles. The van der Waals surface area contributed by atoms with E-state index < -0.39 is 10.0 Å². The van der Waals surface area contributed by atoms with Crippen LogP contribution in [-0.2, 0) is 14.8 Å². The number of rotatable bonds is 3. The highest BCUT2D eigenvalue weighted by Gasteiger charge is 2.38. The van der Waals surface area contributed by atoms with Crippen LogP contribution >= 0.6 is 0 Å². The van der Waals surface area contributed by atoms with E-state index in [2.05, 4.69) is 24.5 Å². The second-order valence-electron chi connectivity index (χ2n) is 6.92. The highest BCUT2D eigenvalue weighted by molar-refractivity contribution is 7.88. The van der Waals surface area contributed by atoms with Gasteiger partial charge >= 0.3 is 0 Å². The maximum atomic E-state index is 12.5. The fraction of sp³-hybridized carbons (Fsp3) is 0.929. The molecular formula is C14H27N3O3S. The first kappa shape index (κ1) is 16.7. The smallest absolute Gasteiger partial charge is 0.237 e. The Balaban J connectivity index is 1.87. The van der Waals surface area contributed by atoms with E-state index in [1.165, 1.54) is 10.6 Å². The van der Waals surface area contributed by atoms with Crippen molar-refractivity contribution in [1.29, 1.82) is 0 Å². The van der Waals surface area contributed by atoms with E-state index in [1.54, 1.807) is 0 Å². The van der Waals surface area contributed by atoms with Crippen LogP contribution in [0.1, 0.15) is 39.5 Å². The van der Waals surface area contributed by atoms with Crippen molar-refractivity contribution in [2.75, 3.05) is 25.9 Å². The predicted molar refractivity (Wildman–Crippen MR) is 82.4 cm³/mol. The van der Waals surface area contributed by atoms with Gasteiger partial charge in [0.05, 0.1) is 12.3 Å². The van der Waals surface area contributed by atoms with Crippen LogP contribution in [-0.4, -0.2) is 56.6 Å². The minimum absolute atomic E-state index is 0.0320. The molecule has 1 amide bonds. The molecule has 7 heteroatoms. The molecule has 0 aromatic rings. The monoisotopic (exact) mass is 317 g/mol. The van der Waals surface area contributed by atoms with Gasteiger partial charge in [-0.15, -0.1) is 0 Å². The van der Waals surface area contributed by atoms with Crippen molar-refractivity contribution in [3.05, 3.63) is 0 Å². The number of hydrogen-bond donors (Lipinski definition) is 2. The number of carbonyl (C=O) groups is 1. The largest absolute Gasteiger partial charge is 0.352 e. The first-order valence-electron chi connectivity index (χ1n) is 7.69. The first-order chi connectivity index (χ1) is 9.70. The number of piperidine rings is 2. The van der Waals surface area contributed by atoms with Crippen LogP contribution in [0.4, 0.5) is 0 Å². The van der Waals surface area contributed by atoms with Gasteiger partial charge < -0.3 is 10.6 Å². The second-order valence-corrected chi connectivity index (χ2v) is 8.91. The normalized spacial score (nSPS) is 28.2. The SMILES string of the molecule is CC1(C)CCCNC1C(=O)NC1CCN(S(C)(=O)=O)CC1. The molecule has 2 heterocycles. The molecular weight excluding hydrogens is 290 g/mol. The lowest BCUT2D eigenvalue weighted by Crippen LogP contribution is -2.58. The number of amides is 1. The third kappa shape index (κ3) is 4.17. The van der Waals surface area contributed by atoms with E-state index in [0.717, 1.165) is 19.4 Å². The molecule has 2 N–H and O–H groups in total. The predicted octanol–water partition coefficient (Wildman–Crippen LogP) is 0.305. The number of carbonyl (C=O) groups excluding carboxylic acids is 1. The summed E-state index contributed by atoms with van der Waals surface area (Å²) in [5.74, 6) is 0.0532. The molecule has 21 heavy (non-hydrogen) atoms. The first-order valence-corrected chi connectivity index (χ1v) is 9.54. The lowest BCUT2D eigenvalue weighted by atomic mass is 9.77. The molecule has 122 valence electrons. The van der Waals surface area contributed by atoms with E-state index in [4.69, 9.17) is 0 Å². The number of nitrogens with one attached hydrogen (secondary N) is 2. The van der Waals surface area contributed by atoms with E-state index in [0.29, 0.717) is 25.9 Å². The van der Waals surface area contributed by atoms with Gasteiger partial charge in [0.25, 0.3) is 0 Å². The van der Waals surface area contributed by atoms with Crippen LogP contribution in [0, 0.1) is 5.41 Å². The maximum absolute atomic E-state index is 12.5. The van der Waals surface area contributed by atoms with Gasteiger partial charge in [-0.05, 0) is 37.6 Å². The highest BCUT2D eigenvalue weighted by atomic mass is 32.2. The molecule has 0 radical (unpaired) electrons. The van der Waals surface area contributed by atoms with Gasteiger partial charge in [-0.1, -0.05) is 13.8 Å². The zero-order chi connectivity index (χ0) is 15.7. The van der Waals surface area contributed by atoms with Gasteiger partial charge in [0.2, 0.25) is 15.9 Å². The van der Waals surface area contributed by atoms with Crippen molar-refractivity contribution < 1.29 is 13.2 Å². The Kier molecular flexibility index (Phi) is 4.95. The maximum Gasteiger partial charge on any atom is 0.237 e. The van der Waals surface area contributed by atoms with Crippen molar-refractivity contribution in [3.8, 4) is 0 Å². The van der Waals surface area contributed by atoms with Crippen molar-refractivity contribution >= 4 is 15.9 Å². The van der Waals surface area contributed by atoms with Crippen LogP contribution in [0.25, 0.3) is 0 Å². The summed E-state index contributed by atoms with van der Waals surface area (Å²) in [5.41, 5.74) is -0.0320. The Morgan fingerprint density at radius 3 is 2.43 bits per heavy atom. The summed E-state index contributed by atoms with van der Waals surface area (Å²) in [6.07, 6.45) is 4.76. The topological polar surface area (TPSA) is 78.5 Å². The van der Waals surface area contributed by atoms with Gasteiger partial charge in [-0.3, -0.25) is 4.79 Å². The molecule has 6 nitrogen and oxygen atoms in total.